The maximum atomic E-state index is 7.49. The third-order valence-electron chi connectivity index (χ3n) is 0.980. The van der Waals surface area contributed by atoms with Crippen LogP contribution in [0.2, 0.25) is 0 Å². The van der Waals surface area contributed by atoms with Gasteiger partial charge in [-0.1, -0.05) is 55.2 Å². The fourth-order valence-electron chi connectivity index (χ4n) is 0.503. The first kappa shape index (κ1) is 5.51. The third-order valence-corrected chi connectivity index (χ3v) is 1.49. The molecule has 8 heavy (non-hydrogen) atoms. The van der Waals surface area contributed by atoms with E-state index in [1.807, 2.05) is 0 Å². The van der Waals surface area contributed by atoms with Crippen molar-refractivity contribution in [2.24, 2.45) is 0 Å². The third kappa shape index (κ3) is 6.73. The van der Waals surface area contributed by atoms with E-state index < -0.39 is 0 Å². The molecule has 0 fully saturated rings. The number of alkyl halides is 1. The lowest BCUT2D eigenvalue weighted by Crippen LogP contribution is -1.76. The van der Waals surface area contributed by atoms with Crippen LogP contribution in [0.3, 0.4) is 0 Å². The van der Waals surface area contributed by atoms with Crippen LogP contribution in [-0.4, -0.2) is 4.43 Å². The van der Waals surface area contributed by atoms with Crippen molar-refractivity contribution < 1.29 is 2.74 Å². The SMILES string of the molecule is [2H][C@H](CCCC)[C@@H]([2H])CI. The predicted molar refractivity (Wildman–Crippen MR) is 47.6 cm³/mol. The fourth-order valence-corrected chi connectivity index (χ4v) is 0.862. The molecule has 0 radical (unpaired) electrons. The van der Waals surface area contributed by atoms with Crippen molar-refractivity contribution in [3.8, 4) is 0 Å². The molecule has 0 aromatic heterocycles. The van der Waals surface area contributed by atoms with Crippen LogP contribution in [0, 0.1) is 0 Å². The van der Waals surface area contributed by atoms with E-state index in [2.05, 4.69) is 29.5 Å². The summed E-state index contributed by atoms with van der Waals surface area (Å²) in [6, 6.07) is 0. The molecule has 0 amide bonds. The molecule has 0 aromatic rings. The van der Waals surface area contributed by atoms with E-state index in [-0.39, 0.29) is 12.8 Å². The van der Waals surface area contributed by atoms with Gasteiger partial charge in [0, 0.05) is 2.74 Å². The molecule has 0 bridgehead atoms. The summed E-state index contributed by atoms with van der Waals surface area (Å²) >= 11 is 2.17. The van der Waals surface area contributed by atoms with Gasteiger partial charge < -0.3 is 0 Å². The smallest absolute Gasteiger partial charge is 0.0274 e. The Morgan fingerprint density at radius 2 is 2.12 bits per heavy atom. The molecule has 0 aromatic carbocycles. The first-order valence-electron chi connectivity index (χ1n) is 4.28. The highest BCUT2D eigenvalue weighted by molar-refractivity contribution is 14.1. The molecule has 0 heterocycles. The molecule has 0 nitrogen and oxygen atoms in total. The minimum Gasteiger partial charge on any atom is -0.0864 e. The summed E-state index contributed by atoms with van der Waals surface area (Å²) in [5.41, 5.74) is 0. The summed E-state index contributed by atoms with van der Waals surface area (Å²) in [5, 5.41) is 0. The van der Waals surface area contributed by atoms with Crippen LogP contribution in [0.1, 0.15) is 41.7 Å². The summed E-state index contributed by atoms with van der Waals surface area (Å²) in [5.74, 6) is 0. The summed E-state index contributed by atoms with van der Waals surface area (Å²) in [7, 11) is 0. The van der Waals surface area contributed by atoms with Crippen molar-refractivity contribution >= 4 is 22.6 Å². The van der Waals surface area contributed by atoms with Gasteiger partial charge in [-0.15, -0.1) is 0 Å². The average Bonchev–Trinajstić information content (AvgIpc) is 1.98. The molecule has 0 N–H and O–H groups in total. The van der Waals surface area contributed by atoms with Gasteiger partial charge in [0.15, 0.2) is 0 Å². The lowest BCUT2D eigenvalue weighted by atomic mass is 10.2. The Morgan fingerprint density at radius 1 is 1.38 bits per heavy atom. The second-order valence-electron chi connectivity index (χ2n) is 1.77. The number of unbranched alkanes of at least 4 members (excludes halogenated alkanes) is 1. The molecular formula is C7H15I. The Kier molecular flexibility index (Phi) is 5.32. The molecule has 2 atom stereocenters. The molecule has 0 saturated carbocycles. The zero-order valence-corrected chi connectivity index (χ0v) is 7.52. The molecule has 1 heteroatoms. The zero-order valence-electron chi connectivity index (χ0n) is 7.36. The van der Waals surface area contributed by atoms with Crippen molar-refractivity contribution in [1.82, 2.24) is 0 Å². The second-order valence-corrected chi connectivity index (χ2v) is 2.65. The standard InChI is InChI=1S/C7H15I/c1-2-3-4-5-6-7-8/h2-7H2,1H3/i5D,6D/t5-,6-/m1/s1. The van der Waals surface area contributed by atoms with E-state index in [1.165, 1.54) is 0 Å². The van der Waals surface area contributed by atoms with Gasteiger partial charge in [-0.2, -0.15) is 0 Å². The van der Waals surface area contributed by atoms with Crippen molar-refractivity contribution in [1.29, 1.82) is 0 Å². The number of rotatable bonds is 5. The Morgan fingerprint density at radius 3 is 2.62 bits per heavy atom. The topological polar surface area (TPSA) is 0 Å². The molecule has 0 unspecified atom stereocenters. The lowest BCUT2D eigenvalue weighted by Gasteiger charge is -1.93. The predicted octanol–water partition coefficient (Wildman–Crippen LogP) is 3.39. The van der Waals surface area contributed by atoms with Gasteiger partial charge in [0.2, 0.25) is 0 Å². The van der Waals surface area contributed by atoms with Crippen LogP contribution in [0.15, 0.2) is 0 Å². The first-order valence-corrected chi connectivity index (χ1v) is 4.65. The van der Waals surface area contributed by atoms with Gasteiger partial charge >= 0.3 is 0 Å². The summed E-state index contributed by atoms with van der Waals surface area (Å²) in [6.45, 7) is 2.12. The van der Waals surface area contributed by atoms with E-state index in [4.69, 9.17) is 2.74 Å². The fraction of sp³-hybridized carbons (Fsp3) is 1.00. The summed E-state index contributed by atoms with van der Waals surface area (Å²) < 4.78 is 15.7. The van der Waals surface area contributed by atoms with Crippen molar-refractivity contribution in [2.75, 3.05) is 4.43 Å². The molecule has 0 saturated heterocycles. The Labute approximate surface area is 69.0 Å². The summed E-state index contributed by atoms with van der Waals surface area (Å²) in [6.07, 6.45) is 2.81. The minimum atomic E-state index is -0.174. The summed E-state index contributed by atoms with van der Waals surface area (Å²) in [4.78, 5) is 0. The van der Waals surface area contributed by atoms with Gasteiger partial charge in [-0.3, -0.25) is 0 Å². The Balaban J connectivity index is 3.31. The van der Waals surface area contributed by atoms with E-state index >= 15 is 0 Å². The van der Waals surface area contributed by atoms with Crippen LogP contribution in [0.4, 0.5) is 0 Å². The first-order chi connectivity index (χ1) is 4.72. The normalized spacial score (nSPS) is 21.2. The van der Waals surface area contributed by atoms with E-state index in [9.17, 15) is 0 Å². The quantitative estimate of drug-likeness (QED) is 0.499. The maximum absolute atomic E-state index is 7.49. The Bertz CT molecular complexity index is 78.0. The lowest BCUT2D eigenvalue weighted by molar-refractivity contribution is 0.662. The van der Waals surface area contributed by atoms with Crippen LogP contribution >= 0.6 is 22.6 Å². The zero-order chi connectivity index (χ0) is 7.98. The van der Waals surface area contributed by atoms with Gasteiger partial charge in [-0.05, 0) is 10.8 Å². The van der Waals surface area contributed by atoms with Gasteiger partial charge in [-0.25, -0.2) is 0 Å². The highest BCUT2D eigenvalue weighted by Crippen LogP contribution is 2.03. The van der Waals surface area contributed by atoms with Crippen LogP contribution in [0.25, 0.3) is 0 Å². The molecule has 0 rings (SSSR count). The molecule has 0 aliphatic rings. The van der Waals surface area contributed by atoms with Gasteiger partial charge in [0.1, 0.15) is 0 Å². The molecule has 0 spiro atoms. The minimum absolute atomic E-state index is 0.156. The van der Waals surface area contributed by atoms with E-state index in [0.717, 1.165) is 23.7 Å². The number of halogens is 1. The van der Waals surface area contributed by atoms with Crippen LogP contribution in [0.5, 0.6) is 0 Å². The molecule has 0 aliphatic heterocycles. The second kappa shape index (κ2) is 7.73. The van der Waals surface area contributed by atoms with E-state index in [1.54, 1.807) is 0 Å². The average molecular weight is 228 g/mol. The van der Waals surface area contributed by atoms with Gasteiger partial charge in [0.05, 0.1) is 0 Å². The largest absolute Gasteiger partial charge is 0.0864 e. The van der Waals surface area contributed by atoms with Crippen molar-refractivity contribution in [2.45, 2.75) is 39.0 Å². The van der Waals surface area contributed by atoms with Crippen LogP contribution in [-0.2, 0) is 0 Å². The molecule has 50 valence electrons. The molecule has 0 aliphatic carbocycles. The van der Waals surface area contributed by atoms with Crippen molar-refractivity contribution in [3.05, 3.63) is 0 Å². The van der Waals surface area contributed by atoms with Crippen LogP contribution < -0.4 is 0 Å². The monoisotopic (exact) mass is 228 g/mol. The van der Waals surface area contributed by atoms with Gasteiger partial charge in [0.25, 0.3) is 0 Å². The highest BCUT2D eigenvalue weighted by Gasteiger charge is 1.84. The number of hydrogen-bond donors (Lipinski definition) is 0. The maximum Gasteiger partial charge on any atom is 0.0274 e. The highest BCUT2D eigenvalue weighted by atomic mass is 127. The Hall–Kier alpha value is 0.730. The van der Waals surface area contributed by atoms with Crippen molar-refractivity contribution in [3.63, 3.8) is 0 Å². The number of hydrogen-bond acceptors (Lipinski definition) is 0. The molecular weight excluding hydrogens is 211 g/mol. The van der Waals surface area contributed by atoms with E-state index in [0.29, 0.717) is 0 Å².